The monoisotopic (exact) mass is 482 g/mol. The van der Waals surface area contributed by atoms with E-state index in [9.17, 15) is 35.7 Å². The van der Waals surface area contributed by atoms with Gasteiger partial charge in [0.15, 0.2) is 12.6 Å². The molecule has 1 unspecified atom stereocenters. The van der Waals surface area contributed by atoms with Crippen LogP contribution in [0.15, 0.2) is 0 Å². The Morgan fingerprint density at radius 3 is 1.64 bits per heavy atom. The fourth-order valence-electron chi connectivity index (χ4n) is 4.56. The maximum absolute atomic E-state index is 10.7. The molecule has 3 aliphatic rings. The minimum absolute atomic E-state index is 0.0581. The third-order valence-electron chi connectivity index (χ3n) is 6.51. The summed E-state index contributed by atoms with van der Waals surface area (Å²) in [5.41, 5.74) is 0. The van der Waals surface area contributed by atoms with Gasteiger partial charge in [-0.15, -0.1) is 0 Å². The van der Waals surface area contributed by atoms with Gasteiger partial charge in [0.1, 0.15) is 36.6 Å². The molecule has 0 aromatic carbocycles. The average molecular weight is 483 g/mol. The highest BCUT2D eigenvalue weighted by Crippen LogP contribution is 2.32. The first-order valence-corrected chi connectivity index (χ1v) is 11.5. The predicted molar refractivity (Wildman–Crippen MR) is 110 cm³/mol. The van der Waals surface area contributed by atoms with Gasteiger partial charge in [-0.3, -0.25) is 0 Å². The van der Waals surface area contributed by atoms with Gasteiger partial charge in [0, 0.05) is 19.3 Å². The SMILES string of the molecule is CC(C)C1C[C@@H](O)[C@H](O[C@H]2C[C@@H](O)[C@H](O[C@H]3C[C@@H](O)[C@H](O)[C@@H](CO)O3)[C@@H](CO)O2)[C@@H](CO)O1. The first-order valence-electron chi connectivity index (χ1n) is 11.5. The molecule has 7 N–H and O–H groups in total. The fraction of sp³-hybridized carbons (Fsp3) is 1.00. The van der Waals surface area contributed by atoms with Crippen molar-refractivity contribution in [3.63, 3.8) is 0 Å². The Hall–Kier alpha value is -0.480. The van der Waals surface area contributed by atoms with E-state index in [1.54, 1.807) is 0 Å². The number of hydrogen-bond donors (Lipinski definition) is 7. The number of rotatable bonds is 8. The van der Waals surface area contributed by atoms with Crippen molar-refractivity contribution in [2.45, 2.75) is 107 Å². The quantitative estimate of drug-likeness (QED) is 0.189. The van der Waals surface area contributed by atoms with Gasteiger partial charge in [0.2, 0.25) is 0 Å². The summed E-state index contributed by atoms with van der Waals surface area (Å²) in [6, 6.07) is 0. The van der Waals surface area contributed by atoms with Gasteiger partial charge in [-0.25, -0.2) is 0 Å². The first-order chi connectivity index (χ1) is 15.7. The Morgan fingerprint density at radius 2 is 1.12 bits per heavy atom. The van der Waals surface area contributed by atoms with Gasteiger partial charge in [-0.1, -0.05) is 13.8 Å². The lowest BCUT2D eigenvalue weighted by atomic mass is 9.92. The molecular weight excluding hydrogens is 444 g/mol. The van der Waals surface area contributed by atoms with Gasteiger partial charge in [0.25, 0.3) is 0 Å². The molecule has 0 saturated carbocycles. The molecular formula is C21H38O12. The lowest BCUT2D eigenvalue weighted by Crippen LogP contribution is -2.58. The maximum atomic E-state index is 10.7. The van der Waals surface area contributed by atoms with E-state index in [0.29, 0.717) is 6.42 Å². The predicted octanol–water partition coefficient (Wildman–Crippen LogP) is -2.78. The lowest BCUT2D eigenvalue weighted by molar-refractivity contribution is -0.336. The highest BCUT2D eigenvalue weighted by Gasteiger charge is 2.46. The van der Waals surface area contributed by atoms with E-state index in [-0.39, 0.29) is 31.5 Å². The van der Waals surface area contributed by atoms with Gasteiger partial charge in [0.05, 0.1) is 44.2 Å². The van der Waals surface area contributed by atoms with Crippen LogP contribution in [0.4, 0.5) is 0 Å². The summed E-state index contributed by atoms with van der Waals surface area (Å²) < 4.78 is 28.6. The molecule has 0 bridgehead atoms. The molecule has 0 aromatic rings. The molecule has 12 heteroatoms. The Bertz CT molecular complexity index is 594. The zero-order valence-corrected chi connectivity index (χ0v) is 18.9. The van der Waals surface area contributed by atoms with Gasteiger partial charge >= 0.3 is 0 Å². The van der Waals surface area contributed by atoms with Crippen LogP contribution in [-0.4, -0.2) is 129 Å². The molecule has 3 heterocycles. The highest BCUT2D eigenvalue weighted by atomic mass is 16.7. The second kappa shape index (κ2) is 12.0. The second-order valence-electron chi connectivity index (χ2n) is 9.31. The van der Waals surface area contributed by atoms with Crippen LogP contribution in [-0.2, 0) is 23.7 Å². The molecule has 3 fully saturated rings. The summed E-state index contributed by atoms with van der Waals surface area (Å²) in [7, 11) is 0. The highest BCUT2D eigenvalue weighted by molar-refractivity contribution is 4.91. The van der Waals surface area contributed by atoms with Crippen molar-refractivity contribution in [1.82, 2.24) is 0 Å². The summed E-state index contributed by atoms with van der Waals surface area (Å²) in [6.07, 6.45) is -11.4. The Balaban J connectivity index is 1.61. The Labute approximate surface area is 192 Å². The number of hydrogen-bond acceptors (Lipinski definition) is 12. The summed E-state index contributed by atoms with van der Waals surface area (Å²) in [4.78, 5) is 0. The van der Waals surface area contributed by atoms with E-state index in [4.69, 9.17) is 23.7 Å². The number of aliphatic hydroxyl groups excluding tert-OH is 7. The van der Waals surface area contributed by atoms with Crippen LogP contribution in [0.2, 0.25) is 0 Å². The van der Waals surface area contributed by atoms with Gasteiger partial charge < -0.3 is 59.4 Å². The molecule has 0 radical (unpaired) electrons. The summed E-state index contributed by atoms with van der Waals surface area (Å²) in [5, 5.41) is 70.0. The largest absolute Gasteiger partial charge is 0.394 e. The molecule has 33 heavy (non-hydrogen) atoms. The molecule has 3 saturated heterocycles. The molecule has 12 atom stereocenters. The van der Waals surface area contributed by atoms with Crippen LogP contribution in [0.25, 0.3) is 0 Å². The Kier molecular flexibility index (Phi) is 9.84. The standard InChI is InChI=1S/C21H38O12/c1-9(2)13-3-11(26)20(15(7-23)29-13)33-18-5-12(27)21(16(8-24)31-18)32-17-4-10(25)19(28)14(6-22)30-17/h9-28H,3-8H2,1-2H3/t10-,11-,12-,13?,14-,15-,16-,17+,18+,19+,20+,21+/m1/s1. The maximum Gasteiger partial charge on any atom is 0.161 e. The van der Waals surface area contributed by atoms with Crippen LogP contribution < -0.4 is 0 Å². The van der Waals surface area contributed by atoms with Crippen molar-refractivity contribution >= 4 is 0 Å². The minimum atomic E-state index is -1.27. The van der Waals surface area contributed by atoms with Gasteiger partial charge in [-0.2, -0.15) is 0 Å². The smallest absolute Gasteiger partial charge is 0.161 e. The Morgan fingerprint density at radius 1 is 0.667 bits per heavy atom. The van der Waals surface area contributed by atoms with Crippen molar-refractivity contribution in [2.75, 3.05) is 19.8 Å². The summed E-state index contributed by atoms with van der Waals surface area (Å²) >= 11 is 0. The zero-order valence-electron chi connectivity index (χ0n) is 18.9. The molecule has 0 spiro atoms. The first kappa shape index (κ1) is 27.1. The topological polar surface area (TPSA) is 188 Å². The van der Waals surface area contributed by atoms with Crippen molar-refractivity contribution in [1.29, 1.82) is 0 Å². The lowest BCUT2D eigenvalue weighted by Gasteiger charge is -2.45. The normalized spacial score (nSPS) is 47.1. The summed E-state index contributed by atoms with van der Waals surface area (Å²) in [6.45, 7) is 2.49. The van der Waals surface area contributed by atoms with E-state index < -0.39 is 80.7 Å². The third-order valence-corrected chi connectivity index (χ3v) is 6.51. The van der Waals surface area contributed by atoms with E-state index in [0.717, 1.165) is 0 Å². The summed E-state index contributed by atoms with van der Waals surface area (Å²) in [5.74, 6) is 0.145. The van der Waals surface area contributed by atoms with Crippen molar-refractivity contribution in [3.8, 4) is 0 Å². The molecule has 12 nitrogen and oxygen atoms in total. The molecule has 0 amide bonds. The van der Waals surface area contributed by atoms with Crippen LogP contribution in [0, 0.1) is 5.92 Å². The van der Waals surface area contributed by atoms with Crippen LogP contribution in [0.5, 0.6) is 0 Å². The third kappa shape index (κ3) is 6.40. The van der Waals surface area contributed by atoms with Crippen molar-refractivity contribution in [2.24, 2.45) is 5.92 Å². The van der Waals surface area contributed by atoms with Crippen molar-refractivity contribution < 1.29 is 59.4 Å². The van der Waals surface area contributed by atoms with Crippen LogP contribution in [0.1, 0.15) is 33.1 Å². The fourth-order valence-corrected chi connectivity index (χ4v) is 4.56. The average Bonchev–Trinajstić information content (AvgIpc) is 2.78. The van der Waals surface area contributed by atoms with Crippen LogP contribution in [0.3, 0.4) is 0 Å². The molecule has 3 aliphatic heterocycles. The number of ether oxygens (including phenoxy) is 5. The van der Waals surface area contributed by atoms with E-state index >= 15 is 0 Å². The van der Waals surface area contributed by atoms with E-state index in [1.165, 1.54) is 0 Å². The molecule has 194 valence electrons. The molecule has 0 aromatic heterocycles. The van der Waals surface area contributed by atoms with Gasteiger partial charge in [-0.05, 0) is 5.92 Å². The zero-order chi connectivity index (χ0) is 24.3. The van der Waals surface area contributed by atoms with Crippen molar-refractivity contribution in [3.05, 3.63) is 0 Å². The van der Waals surface area contributed by atoms with Crippen LogP contribution >= 0.6 is 0 Å². The van der Waals surface area contributed by atoms with E-state index in [1.807, 2.05) is 13.8 Å². The number of aliphatic hydroxyl groups is 7. The minimum Gasteiger partial charge on any atom is -0.394 e. The van der Waals surface area contributed by atoms with E-state index in [2.05, 4.69) is 0 Å². The molecule has 0 aliphatic carbocycles. The second-order valence-corrected chi connectivity index (χ2v) is 9.31. The molecule has 3 rings (SSSR count).